The maximum Gasteiger partial charge on any atom is 0.419 e. The Bertz CT molecular complexity index is 2690. The Kier molecular flexibility index (Phi) is 31.6. The quantitative estimate of drug-likeness (QED) is 0.176. The van der Waals surface area contributed by atoms with Gasteiger partial charge < -0.3 is 44.6 Å². The number of methoxy groups -OCH3 is 1. The Hall–Kier alpha value is -3.24. The monoisotopic (exact) mass is 1390 g/mol. The Balaban J connectivity index is 1.02. The van der Waals surface area contributed by atoms with Crippen LogP contribution in [0.4, 0.5) is 13.2 Å². The van der Waals surface area contributed by atoms with Crippen LogP contribution in [0.2, 0.25) is 0 Å². The van der Waals surface area contributed by atoms with Crippen molar-refractivity contribution in [2.24, 2.45) is 11.8 Å². The summed E-state index contributed by atoms with van der Waals surface area (Å²) in [4.78, 5) is 41.8. The Labute approximate surface area is 600 Å². The molecule has 15 nitrogen and oxygen atoms in total. The molecule has 6 fully saturated rings. The number of halogens is 3. The van der Waals surface area contributed by atoms with Gasteiger partial charge in [-0.1, -0.05) is 94.5 Å². The van der Waals surface area contributed by atoms with Crippen LogP contribution in [-0.4, -0.2) is 288 Å². The lowest BCUT2D eigenvalue weighted by molar-refractivity contribution is -0.139. The standard InChI is InChI=1S/C81H139F3N12O3/c1-13-26-68-52-86-75(63(5)14-2)59-95-46-24-30-70(95)55-89(8)69-29-18-16-21-45-94(57-69)71(49-64-33-31-62(4)32-34-64)54-87(6)48-42-85-67(37-35-65-36-38-74(81(82,83)84)78(50-65)98-12)53-96-58-73(99-15-3)51-72(96)56-92(11)80(40-25-41-80)61-91(10)77(66-27-19-20-28-66)60-90(9)76(39-47-88(68)7)79(97)93-43-22-17-23-44-93/h16,18,31-34,36,38,50,63,66-73,75-77,85-86H,13-15,17,19-30,35,37,39-49,51-61H2,1-12H3/b18-16-/t63-,67-,68-,69-,70-,71-,72-,73+,75+,76-,77+/m0/s1. The van der Waals surface area contributed by atoms with Gasteiger partial charge in [0.15, 0.2) is 0 Å². The smallest absolute Gasteiger partial charge is 0.419 e. The van der Waals surface area contributed by atoms with Gasteiger partial charge >= 0.3 is 6.18 Å². The molecule has 2 aliphatic carbocycles. The molecule has 0 aromatic heterocycles. The molecule has 5 heterocycles. The van der Waals surface area contributed by atoms with Crippen LogP contribution in [0.25, 0.3) is 0 Å². The number of hydrogen-bond acceptors (Lipinski definition) is 14. The van der Waals surface area contributed by atoms with E-state index >= 15 is 4.79 Å². The van der Waals surface area contributed by atoms with Crippen molar-refractivity contribution >= 4 is 5.91 Å². The number of piperidine rings is 1. The highest BCUT2D eigenvalue weighted by molar-refractivity contribution is 5.82. The fourth-order valence-corrected chi connectivity index (χ4v) is 18.7. The molecule has 4 saturated heterocycles. The second-order valence-electron chi connectivity index (χ2n) is 32.6. The van der Waals surface area contributed by atoms with E-state index < -0.39 is 11.7 Å². The molecule has 1 spiro atoms. The van der Waals surface area contributed by atoms with Crippen molar-refractivity contribution in [1.82, 2.24) is 59.6 Å². The molecular formula is C81H139F3N12O3. The van der Waals surface area contributed by atoms with Crippen molar-refractivity contribution in [3.8, 4) is 5.75 Å². The topological polar surface area (TPSA) is 92.0 Å². The molecule has 12 atom stereocenters. The van der Waals surface area contributed by atoms with E-state index in [1.807, 2.05) is 0 Å². The van der Waals surface area contributed by atoms with Crippen LogP contribution in [0.15, 0.2) is 54.6 Å². The molecule has 99 heavy (non-hydrogen) atoms. The molecular weight excluding hydrogens is 1250 g/mol. The minimum atomic E-state index is -4.50. The maximum absolute atomic E-state index is 15.2. The third-order valence-corrected chi connectivity index (χ3v) is 25.5. The molecule has 9 rings (SSSR count). The summed E-state index contributed by atoms with van der Waals surface area (Å²) in [5, 5.41) is 8.39. The number of ether oxygens (including phenoxy) is 2. The number of carbonyl (C=O) groups excluding carboxylic acids is 1. The summed E-state index contributed by atoms with van der Waals surface area (Å²) < 4.78 is 54.6. The average molecular weight is 1390 g/mol. The number of amides is 1. The molecule has 2 saturated carbocycles. The number of carbonyl (C=O) groups is 1. The minimum absolute atomic E-state index is 0.0377. The highest BCUT2D eigenvalue weighted by Gasteiger charge is 2.47. The Morgan fingerprint density at radius 3 is 2.12 bits per heavy atom. The number of benzene rings is 2. The first-order valence-electron chi connectivity index (χ1n) is 39.9. The van der Waals surface area contributed by atoms with Crippen LogP contribution in [0.1, 0.15) is 178 Å². The first-order valence-corrected chi connectivity index (χ1v) is 39.9. The van der Waals surface area contributed by atoms with E-state index in [9.17, 15) is 13.2 Å². The lowest BCUT2D eigenvalue weighted by Gasteiger charge is -2.53. The van der Waals surface area contributed by atoms with Gasteiger partial charge in [0.05, 0.1) is 24.8 Å². The second-order valence-corrected chi connectivity index (χ2v) is 32.6. The Morgan fingerprint density at radius 1 is 0.667 bits per heavy atom. The van der Waals surface area contributed by atoms with E-state index in [2.05, 4.69) is 173 Å². The van der Waals surface area contributed by atoms with Gasteiger partial charge in [-0.25, -0.2) is 0 Å². The minimum Gasteiger partial charge on any atom is -0.496 e. The fourth-order valence-electron chi connectivity index (χ4n) is 18.7. The van der Waals surface area contributed by atoms with E-state index in [1.165, 1.54) is 88.5 Å². The van der Waals surface area contributed by atoms with Gasteiger partial charge in [0, 0.05) is 165 Å². The SMILES string of the molecule is CCC[C@H]1CN[C@@H]([C@@H](C)CC)CN2CCC[C@H]2CN(C)[C@H]2C/C=C\CCN(C2)[C@@H](Cc2ccc(C)cc2)CN(C)CCN[C@@H](CCc2ccc(C(F)(F)F)c(OC)c2)CN2C[C@H](OCC)C[C@H]2CN(C)C2(CCC2)CN(C)[C@@H](C2CCCC2)CN(C)[C@H](C(=O)N2CCCCC2)CCN1C. The summed E-state index contributed by atoms with van der Waals surface area (Å²) in [6.45, 7) is 28.2. The first kappa shape index (κ1) is 79.9. The third kappa shape index (κ3) is 22.9. The number of aryl methyl sites for hydroxylation is 2. The van der Waals surface area contributed by atoms with E-state index in [4.69, 9.17) is 9.47 Å². The lowest BCUT2D eigenvalue weighted by Crippen LogP contribution is -2.63. The predicted molar refractivity (Wildman–Crippen MR) is 402 cm³/mol. The molecule has 5 aliphatic heterocycles. The molecule has 2 aromatic rings. The summed E-state index contributed by atoms with van der Waals surface area (Å²) in [5.41, 5.74) is 2.82. The van der Waals surface area contributed by atoms with Crippen molar-refractivity contribution in [2.45, 2.75) is 248 Å². The molecule has 2 N–H and O–H groups in total. The van der Waals surface area contributed by atoms with Crippen LogP contribution >= 0.6 is 0 Å². The van der Waals surface area contributed by atoms with Crippen LogP contribution in [-0.2, 0) is 28.5 Å². The van der Waals surface area contributed by atoms with E-state index in [0.29, 0.717) is 67.0 Å². The number of nitrogens with one attached hydrogen (secondary N) is 2. The van der Waals surface area contributed by atoms with Gasteiger partial charge in [-0.3, -0.25) is 29.3 Å². The number of likely N-dealkylation sites (N-methyl/N-ethyl adjacent to an activating group) is 6. The van der Waals surface area contributed by atoms with Crippen LogP contribution in [0.5, 0.6) is 5.75 Å². The molecule has 1 unspecified atom stereocenters. The zero-order valence-electron chi connectivity index (χ0n) is 64.2. The maximum atomic E-state index is 15.2. The predicted octanol–water partition coefficient (Wildman–Crippen LogP) is 11.5. The number of rotatable bonds is 14. The fraction of sp³-hybridized carbons (Fsp3) is 0.815. The summed E-state index contributed by atoms with van der Waals surface area (Å²) in [6, 6.07) is 16.2. The van der Waals surface area contributed by atoms with E-state index in [-0.39, 0.29) is 35.5 Å². The Morgan fingerprint density at radius 2 is 1.42 bits per heavy atom. The van der Waals surface area contributed by atoms with Crippen molar-refractivity contribution in [1.29, 1.82) is 0 Å². The normalized spacial score (nSPS) is 31.6. The second kappa shape index (κ2) is 39.2. The first-order chi connectivity index (χ1) is 47.7. The molecule has 1 amide bonds. The largest absolute Gasteiger partial charge is 0.496 e. The molecule has 18 heteroatoms. The zero-order chi connectivity index (χ0) is 70.6. The summed E-state index contributed by atoms with van der Waals surface area (Å²) in [7, 11) is 15.5. The molecule has 0 radical (unpaired) electrons. The number of alkyl halides is 3. The number of fused-ring (bicyclic) bond motifs is 4. The molecule has 562 valence electrons. The van der Waals surface area contributed by atoms with Gasteiger partial charge in [0.2, 0.25) is 5.91 Å². The molecule has 7 aliphatic rings. The summed E-state index contributed by atoms with van der Waals surface area (Å²) in [6.07, 6.45) is 24.7. The van der Waals surface area contributed by atoms with Crippen molar-refractivity contribution < 1.29 is 27.4 Å². The van der Waals surface area contributed by atoms with Gasteiger partial charge in [-0.15, -0.1) is 0 Å². The zero-order valence-corrected chi connectivity index (χ0v) is 64.2. The van der Waals surface area contributed by atoms with Crippen LogP contribution < -0.4 is 15.4 Å². The van der Waals surface area contributed by atoms with Crippen molar-refractivity contribution in [3.63, 3.8) is 0 Å². The van der Waals surface area contributed by atoms with Crippen molar-refractivity contribution in [3.05, 3.63) is 76.9 Å². The number of hydrogen-bond donors (Lipinski definition) is 2. The van der Waals surface area contributed by atoms with Gasteiger partial charge in [0.1, 0.15) is 5.75 Å². The highest BCUT2D eigenvalue weighted by Crippen LogP contribution is 2.42. The summed E-state index contributed by atoms with van der Waals surface area (Å²) in [5.74, 6) is 1.35. The lowest BCUT2D eigenvalue weighted by atomic mass is 9.74. The summed E-state index contributed by atoms with van der Waals surface area (Å²) >= 11 is 0. The van der Waals surface area contributed by atoms with Crippen LogP contribution in [0.3, 0.4) is 0 Å². The van der Waals surface area contributed by atoms with Crippen molar-refractivity contribution in [2.75, 3.05) is 167 Å². The van der Waals surface area contributed by atoms with E-state index in [1.54, 1.807) is 12.1 Å². The third-order valence-electron chi connectivity index (χ3n) is 25.5. The average Bonchev–Trinajstić information content (AvgIpc) is 1.65. The van der Waals surface area contributed by atoms with Gasteiger partial charge in [-0.05, 0) is 213 Å². The van der Waals surface area contributed by atoms with Crippen LogP contribution in [0, 0.1) is 18.8 Å². The van der Waals surface area contributed by atoms with E-state index in [0.717, 1.165) is 187 Å². The highest BCUT2D eigenvalue weighted by atomic mass is 19.4. The number of nitrogens with zero attached hydrogens (tertiary/aromatic N) is 10. The molecule has 2 aromatic carbocycles. The van der Waals surface area contributed by atoms with Gasteiger partial charge in [-0.2, -0.15) is 13.2 Å². The molecule has 2 bridgehead atoms. The van der Waals surface area contributed by atoms with Gasteiger partial charge in [0.25, 0.3) is 0 Å². The number of likely N-dealkylation sites (tertiary alicyclic amines) is 1.